The molecule has 3 rings (SSSR count). The maximum Gasteiger partial charge on any atom is 0.274 e. The van der Waals surface area contributed by atoms with Gasteiger partial charge in [0.15, 0.2) is 5.82 Å². The molecule has 7 nitrogen and oxygen atoms in total. The third kappa shape index (κ3) is 2.31. The van der Waals surface area contributed by atoms with Crippen LogP contribution in [-0.2, 0) is 0 Å². The van der Waals surface area contributed by atoms with E-state index in [4.69, 9.17) is 0 Å². The zero-order chi connectivity index (χ0) is 14.1. The number of piperidine rings is 1. The third-order valence-corrected chi connectivity index (χ3v) is 3.60. The second kappa shape index (κ2) is 5.07. The Hall–Kier alpha value is -2.18. The Balaban J connectivity index is 1.87. The van der Waals surface area contributed by atoms with E-state index in [0.29, 0.717) is 11.5 Å². The summed E-state index contributed by atoms with van der Waals surface area (Å²) in [6, 6.07) is 1.72. The van der Waals surface area contributed by atoms with Crippen LogP contribution in [0.3, 0.4) is 0 Å². The van der Waals surface area contributed by atoms with Gasteiger partial charge in [0, 0.05) is 12.2 Å². The van der Waals surface area contributed by atoms with Crippen molar-refractivity contribution >= 4 is 5.91 Å². The summed E-state index contributed by atoms with van der Waals surface area (Å²) in [7, 11) is 0. The lowest BCUT2D eigenvalue weighted by Gasteiger charge is -2.33. The van der Waals surface area contributed by atoms with E-state index < -0.39 is 0 Å². The summed E-state index contributed by atoms with van der Waals surface area (Å²) >= 11 is 0. The van der Waals surface area contributed by atoms with E-state index in [1.54, 1.807) is 6.07 Å². The molecule has 0 radical (unpaired) electrons. The van der Waals surface area contributed by atoms with Gasteiger partial charge in [-0.1, -0.05) is 0 Å². The Bertz CT molecular complexity index is 616. The van der Waals surface area contributed by atoms with Gasteiger partial charge < -0.3 is 4.90 Å². The van der Waals surface area contributed by atoms with Crippen LogP contribution in [0.25, 0.3) is 0 Å². The number of carbonyl (C=O) groups is 1. The van der Waals surface area contributed by atoms with Gasteiger partial charge in [-0.15, -0.1) is 0 Å². The molecule has 0 aliphatic carbocycles. The molecular formula is C13H18N6O. The highest BCUT2D eigenvalue weighted by Crippen LogP contribution is 2.29. The van der Waals surface area contributed by atoms with Gasteiger partial charge in [-0.05, 0) is 39.2 Å². The molecule has 1 atom stereocenters. The zero-order valence-corrected chi connectivity index (χ0v) is 11.7. The number of likely N-dealkylation sites (tertiary alicyclic amines) is 1. The first kappa shape index (κ1) is 12.8. The molecule has 2 N–H and O–H groups in total. The topological polar surface area (TPSA) is 90.6 Å². The van der Waals surface area contributed by atoms with E-state index in [2.05, 4.69) is 25.4 Å². The summed E-state index contributed by atoms with van der Waals surface area (Å²) in [6.45, 7) is 4.47. The number of nitrogens with one attached hydrogen (secondary N) is 2. The lowest BCUT2D eigenvalue weighted by Crippen LogP contribution is -2.39. The highest BCUT2D eigenvalue weighted by molar-refractivity contribution is 5.92. The Morgan fingerprint density at radius 3 is 2.80 bits per heavy atom. The molecule has 1 amide bonds. The number of hydrogen-bond donors (Lipinski definition) is 2. The highest BCUT2D eigenvalue weighted by atomic mass is 16.2. The number of carbonyl (C=O) groups excluding carboxylic acids is 1. The average Bonchev–Trinajstić information content (AvgIpc) is 3.07. The van der Waals surface area contributed by atoms with Crippen LogP contribution in [0.2, 0.25) is 0 Å². The molecule has 2 aromatic rings. The Morgan fingerprint density at radius 1 is 1.30 bits per heavy atom. The molecule has 106 valence electrons. The fourth-order valence-electron chi connectivity index (χ4n) is 2.63. The van der Waals surface area contributed by atoms with Crippen molar-refractivity contribution in [2.75, 3.05) is 6.54 Å². The molecule has 1 saturated heterocycles. The van der Waals surface area contributed by atoms with Crippen molar-refractivity contribution < 1.29 is 4.79 Å². The van der Waals surface area contributed by atoms with E-state index in [1.165, 1.54) is 0 Å². The monoisotopic (exact) mass is 274 g/mol. The second-order valence-corrected chi connectivity index (χ2v) is 5.23. The van der Waals surface area contributed by atoms with E-state index >= 15 is 0 Å². The summed E-state index contributed by atoms with van der Waals surface area (Å²) in [6.07, 6.45) is 2.99. The molecule has 1 aliphatic rings. The molecule has 0 spiro atoms. The fourth-order valence-corrected chi connectivity index (χ4v) is 2.63. The standard InChI is InChI=1S/C13H18N6O/c1-8-7-10(17-15-8)13(20)19-6-4-3-5-11(19)12-14-9(2)16-18-12/h7,11H,3-6H2,1-2H3,(H,15,17)(H,14,16,18). The van der Waals surface area contributed by atoms with Crippen LogP contribution >= 0.6 is 0 Å². The van der Waals surface area contributed by atoms with Crippen LogP contribution in [0.1, 0.15) is 53.1 Å². The summed E-state index contributed by atoms with van der Waals surface area (Å²) in [4.78, 5) is 18.8. The van der Waals surface area contributed by atoms with Crippen LogP contribution in [0, 0.1) is 13.8 Å². The lowest BCUT2D eigenvalue weighted by atomic mass is 10.0. The first-order valence-corrected chi connectivity index (χ1v) is 6.87. The smallest absolute Gasteiger partial charge is 0.274 e. The first-order valence-electron chi connectivity index (χ1n) is 6.87. The lowest BCUT2D eigenvalue weighted by molar-refractivity contribution is 0.0594. The molecule has 7 heteroatoms. The van der Waals surface area contributed by atoms with Gasteiger partial charge in [-0.2, -0.15) is 10.2 Å². The van der Waals surface area contributed by atoms with Crippen LogP contribution in [-0.4, -0.2) is 42.7 Å². The highest BCUT2D eigenvalue weighted by Gasteiger charge is 2.32. The van der Waals surface area contributed by atoms with Gasteiger partial charge in [-0.3, -0.25) is 15.0 Å². The van der Waals surface area contributed by atoms with Crippen LogP contribution in [0.5, 0.6) is 0 Å². The molecule has 2 aromatic heterocycles. The third-order valence-electron chi connectivity index (χ3n) is 3.60. The van der Waals surface area contributed by atoms with Crippen molar-refractivity contribution in [1.82, 2.24) is 30.3 Å². The van der Waals surface area contributed by atoms with Crippen molar-refractivity contribution in [2.24, 2.45) is 0 Å². The van der Waals surface area contributed by atoms with E-state index in [-0.39, 0.29) is 11.9 Å². The Labute approximate surface area is 116 Å². The van der Waals surface area contributed by atoms with Gasteiger partial charge >= 0.3 is 0 Å². The minimum atomic E-state index is -0.0572. The first-order chi connectivity index (χ1) is 9.65. The van der Waals surface area contributed by atoms with E-state index in [9.17, 15) is 4.79 Å². The number of aromatic amines is 2. The number of amides is 1. The number of rotatable bonds is 2. The maximum atomic E-state index is 12.6. The molecular weight excluding hydrogens is 256 g/mol. The molecule has 0 bridgehead atoms. The molecule has 0 aromatic carbocycles. The number of H-pyrrole nitrogens is 2. The summed E-state index contributed by atoms with van der Waals surface area (Å²) in [5.41, 5.74) is 1.34. The van der Waals surface area contributed by atoms with Gasteiger partial charge in [-0.25, -0.2) is 4.98 Å². The van der Waals surface area contributed by atoms with Crippen molar-refractivity contribution in [2.45, 2.75) is 39.2 Å². The zero-order valence-electron chi connectivity index (χ0n) is 11.7. The molecule has 3 heterocycles. The minimum Gasteiger partial charge on any atom is -0.327 e. The van der Waals surface area contributed by atoms with Crippen LogP contribution in [0.4, 0.5) is 0 Å². The molecule has 1 aliphatic heterocycles. The van der Waals surface area contributed by atoms with Crippen molar-refractivity contribution in [3.63, 3.8) is 0 Å². The predicted molar refractivity (Wildman–Crippen MR) is 72.1 cm³/mol. The van der Waals surface area contributed by atoms with Gasteiger partial charge in [0.05, 0.1) is 6.04 Å². The second-order valence-electron chi connectivity index (χ2n) is 5.23. The fraction of sp³-hybridized carbons (Fsp3) is 0.538. The molecule has 1 unspecified atom stereocenters. The van der Waals surface area contributed by atoms with E-state index in [0.717, 1.165) is 37.3 Å². The van der Waals surface area contributed by atoms with Gasteiger partial charge in [0.25, 0.3) is 5.91 Å². The number of aromatic nitrogens is 5. The van der Waals surface area contributed by atoms with Gasteiger partial charge in [0.2, 0.25) is 0 Å². The van der Waals surface area contributed by atoms with Crippen LogP contribution < -0.4 is 0 Å². The summed E-state index contributed by atoms with van der Waals surface area (Å²) in [5, 5.41) is 13.9. The number of nitrogens with zero attached hydrogens (tertiary/aromatic N) is 4. The normalized spacial score (nSPS) is 19.3. The SMILES string of the molecule is Cc1cc(C(=O)N2CCCCC2c2n[nH]c(C)n2)n[nH]1. The molecule has 0 saturated carbocycles. The predicted octanol–water partition coefficient (Wildman–Crippen LogP) is 1.51. The van der Waals surface area contributed by atoms with Crippen molar-refractivity contribution in [3.8, 4) is 0 Å². The maximum absolute atomic E-state index is 12.6. The van der Waals surface area contributed by atoms with Crippen LogP contribution in [0.15, 0.2) is 6.07 Å². The van der Waals surface area contributed by atoms with Crippen molar-refractivity contribution in [1.29, 1.82) is 0 Å². The number of aryl methyl sites for hydroxylation is 2. The summed E-state index contributed by atoms with van der Waals surface area (Å²) < 4.78 is 0. The largest absolute Gasteiger partial charge is 0.327 e. The number of hydrogen-bond acceptors (Lipinski definition) is 4. The quantitative estimate of drug-likeness (QED) is 0.868. The minimum absolute atomic E-state index is 0.0542. The Kier molecular flexibility index (Phi) is 3.25. The average molecular weight is 274 g/mol. The Morgan fingerprint density at radius 2 is 2.15 bits per heavy atom. The molecule has 1 fully saturated rings. The van der Waals surface area contributed by atoms with E-state index in [1.807, 2.05) is 18.7 Å². The van der Waals surface area contributed by atoms with Crippen molar-refractivity contribution in [3.05, 3.63) is 29.1 Å². The van der Waals surface area contributed by atoms with Gasteiger partial charge in [0.1, 0.15) is 11.5 Å². The summed E-state index contributed by atoms with van der Waals surface area (Å²) in [5.74, 6) is 1.41. The molecule has 20 heavy (non-hydrogen) atoms.